The van der Waals surface area contributed by atoms with Gasteiger partial charge in [0, 0.05) is 25.2 Å². The van der Waals surface area contributed by atoms with Gasteiger partial charge >= 0.3 is 6.18 Å². The topological polar surface area (TPSA) is 32.3 Å². The van der Waals surface area contributed by atoms with Crippen molar-refractivity contribution in [3.05, 3.63) is 35.4 Å². The average molecular weight is 298 g/mol. The average Bonchev–Trinajstić information content (AvgIpc) is 2.89. The van der Waals surface area contributed by atoms with Crippen LogP contribution in [0.15, 0.2) is 24.3 Å². The minimum atomic E-state index is -4.42. The first-order chi connectivity index (χ1) is 9.86. The molecule has 0 radical (unpaired) electrons. The van der Waals surface area contributed by atoms with Gasteiger partial charge in [-0.05, 0) is 43.0 Å². The number of amides is 1. The molecule has 2 fully saturated rings. The Morgan fingerprint density at radius 2 is 2.00 bits per heavy atom. The van der Waals surface area contributed by atoms with Crippen molar-refractivity contribution in [3.8, 4) is 0 Å². The van der Waals surface area contributed by atoms with E-state index in [-0.39, 0.29) is 5.56 Å². The molecule has 1 N–H and O–H groups in total. The van der Waals surface area contributed by atoms with E-state index in [0.29, 0.717) is 24.3 Å². The molecule has 1 heterocycles. The van der Waals surface area contributed by atoms with Crippen molar-refractivity contribution in [1.82, 2.24) is 10.2 Å². The molecule has 0 spiro atoms. The number of carbonyl (C=O) groups excluding carboxylic acids is 1. The largest absolute Gasteiger partial charge is 0.416 e. The highest BCUT2D eigenvalue weighted by atomic mass is 19.4. The van der Waals surface area contributed by atoms with Gasteiger partial charge in [-0.15, -0.1) is 0 Å². The lowest BCUT2D eigenvalue weighted by Crippen LogP contribution is -2.29. The van der Waals surface area contributed by atoms with Crippen LogP contribution in [0.3, 0.4) is 0 Å². The van der Waals surface area contributed by atoms with Crippen LogP contribution in [0, 0.1) is 17.8 Å². The highest BCUT2D eigenvalue weighted by Crippen LogP contribution is 2.50. The predicted molar refractivity (Wildman–Crippen MR) is 71.7 cm³/mol. The quantitative estimate of drug-likeness (QED) is 0.928. The van der Waals surface area contributed by atoms with Gasteiger partial charge in [0.25, 0.3) is 5.91 Å². The minimum absolute atomic E-state index is 0.0627. The van der Waals surface area contributed by atoms with Crippen LogP contribution in [0.25, 0.3) is 0 Å². The van der Waals surface area contributed by atoms with Crippen LogP contribution < -0.4 is 5.32 Å². The fraction of sp³-hybridized carbons (Fsp3) is 0.533. The van der Waals surface area contributed by atoms with Crippen molar-refractivity contribution >= 4 is 5.91 Å². The molecule has 2 unspecified atom stereocenters. The molecule has 2 aliphatic rings. The van der Waals surface area contributed by atoms with Crippen LogP contribution in [-0.4, -0.2) is 37.5 Å². The summed E-state index contributed by atoms with van der Waals surface area (Å²) in [4.78, 5) is 14.2. The molecule has 1 amide bonds. The molecule has 3 nitrogen and oxygen atoms in total. The number of halogens is 3. The zero-order chi connectivity index (χ0) is 15.2. The smallest absolute Gasteiger partial charge is 0.352 e. The maximum atomic E-state index is 12.6. The number of likely N-dealkylation sites (tertiary alicyclic amines) is 1. The molecule has 3 rings (SSSR count). The molecule has 6 heteroatoms. The minimum Gasteiger partial charge on any atom is -0.352 e. The highest BCUT2D eigenvalue weighted by Gasteiger charge is 2.54. The molecular formula is C15H17F3N2O. The summed E-state index contributed by atoms with van der Waals surface area (Å²) in [6.45, 7) is 2.65. The normalized spacial score (nSPS) is 28.3. The van der Waals surface area contributed by atoms with Crippen molar-refractivity contribution in [1.29, 1.82) is 0 Å². The van der Waals surface area contributed by atoms with Crippen LogP contribution >= 0.6 is 0 Å². The van der Waals surface area contributed by atoms with Crippen molar-refractivity contribution < 1.29 is 18.0 Å². The van der Waals surface area contributed by atoms with Gasteiger partial charge in [0.2, 0.25) is 0 Å². The Bertz CT molecular complexity index is 546. The molecule has 1 aliphatic heterocycles. The molecule has 21 heavy (non-hydrogen) atoms. The number of rotatable bonds is 3. The van der Waals surface area contributed by atoms with Gasteiger partial charge < -0.3 is 10.2 Å². The summed E-state index contributed by atoms with van der Waals surface area (Å²) in [7, 11) is 2.07. The third-order valence-electron chi connectivity index (χ3n) is 4.50. The predicted octanol–water partition coefficient (Wildman–Crippen LogP) is 2.24. The monoisotopic (exact) mass is 298 g/mol. The van der Waals surface area contributed by atoms with Gasteiger partial charge in [-0.25, -0.2) is 0 Å². The fourth-order valence-corrected chi connectivity index (χ4v) is 3.31. The summed E-state index contributed by atoms with van der Waals surface area (Å²) in [5, 5.41) is 2.76. The van der Waals surface area contributed by atoms with E-state index in [4.69, 9.17) is 0 Å². The Kier molecular flexibility index (Phi) is 3.43. The number of carbonyl (C=O) groups is 1. The SMILES string of the molecule is CN1CC2C(CNC(=O)c3cccc(C(F)(F)F)c3)C2C1. The van der Waals surface area contributed by atoms with E-state index in [2.05, 4.69) is 17.3 Å². The summed E-state index contributed by atoms with van der Waals surface area (Å²) < 4.78 is 37.8. The van der Waals surface area contributed by atoms with Gasteiger partial charge in [-0.3, -0.25) is 4.79 Å². The molecule has 1 saturated carbocycles. The first-order valence-corrected chi connectivity index (χ1v) is 7.00. The summed E-state index contributed by atoms with van der Waals surface area (Å²) >= 11 is 0. The first kappa shape index (κ1) is 14.4. The van der Waals surface area contributed by atoms with E-state index in [0.717, 1.165) is 25.2 Å². The van der Waals surface area contributed by atoms with E-state index in [1.165, 1.54) is 12.1 Å². The van der Waals surface area contributed by atoms with Crippen LogP contribution in [0.4, 0.5) is 13.2 Å². The van der Waals surface area contributed by atoms with Crippen molar-refractivity contribution in [3.63, 3.8) is 0 Å². The number of benzene rings is 1. The Labute approximate surface area is 121 Å². The van der Waals surface area contributed by atoms with Crippen LogP contribution in [-0.2, 0) is 6.18 Å². The van der Waals surface area contributed by atoms with Crippen LogP contribution in [0.1, 0.15) is 15.9 Å². The summed E-state index contributed by atoms with van der Waals surface area (Å²) in [6.07, 6.45) is -4.42. The zero-order valence-corrected chi connectivity index (χ0v) is 11.7. The van der Waals surface area contributed by atoms with E-state index < -0.39 is 17.6 Å². The van der Waals surface area contributed by atoms with E-state index in [1.807, 2.05) is 0 Å². The summed E-state index contributed by atoms with van der Waals surface area (Å²) in [6, 6.07) is 4.54. The van der Waals surface area contributed by atoms with Gasteiger partial charge in [-0.1, -0.05) is 6.07 Å². The van der Waals surface area contributed by atoms with Crippen molar-refractivity contribution in [2.45, 2.75) is 6.18 Å². The number of piperidine rings is 1. The molecule has 1 aliphatic carbocycles. The third-order valence-corrected chi connectivity index (χ3v) is 4.50. The van der Waals surface area contributed by atoms with Gasteiger partial charge in [0.15, 0.2) is 0 Å². The molecule has 1 aromatic carbocycles. The first-order valence-electron chi connectivity index (χ1n) is 7.00. The molecule has 114 valence electrons. The van der Waals surface area contributed by atoms with Gasteiger partial charge in [-0.2, -0.15) is 13.2 Å². The number of hydrogen-bond acceptors (Lipinski definition) is 2. The van der Waals surface area contributed by atoms with Gasteiger partial charge in [0.05, 0.1) is 5.56 Å². The Morgan fingerprint density at radius 1 is 1.33 bits per heavy atom. The van der Waals surface area contributed by atoms with Gasteiger partial charge in [0.1, 0.15) is 0 Å². The number of fused-ring (bicyclic) bond motifs is 1. The van der Waals surface area contributed by atoms with Crippen LogP contribution in [0.2, 0.25) is 0 Å². The maximum Gasteiger partial charge on any atom is 0.416 e. The highest BCUT2D eigenvalue weighted by molar-refractivity contribution is 5.94. The second-order valence-electron chi connectivity index (χ2n) is 6.00. The molecular weight excluding hydrogens is 281 g/mol. The van der Waals surface area contributed by atoms with E-state index in [1.54, 1.807) is 0 Å². The fourth-order valence-electron chi connectivity index (χ4n) is 3.31. The molecule has 1 aromatic rings. The number of alkyl halides is 3. The van der Waals surface area contributed by atoms with E-state index >= 15 is 0 Å². The number of nitrogens with one attached hydrogen (secondary N) is 1. The second kappa shape index (κ2) is 5.02. The summed E-state index contributed by atoms with van der Waals surface area (Å²) in [5.41, 5.74) is -0.729. The van der Waals surface area contributed by atoms with Crippen LogP contribution in [0.5, 0.6) is 0 Å². The molecule has 0 bridgehead atoms. The Morgan fingerprint density at radius 3 is 2.62 bits per heavy atom. The van der Waals surface area contributed by atoms with Crippen molar-refractivity contribution in [2.75, 3.05) is 26.7 Å². The summed E-state index contributed by atoms with van der Waals surface area (Å²) in [5.74, 6) is 1.32. The maximum absolute atomic E-state index is 12.6. The second-order valence-corrected chi connectivity index (χ2v) is 6.00. The third kappa shape index (κ3) is 2.90. The Hall–Kier alpha value is -1.56. The van der Waals surface area contributed by atoms with Crippen molar-refractivity contribution in [2.24, 2.45) is 17.8 Å². The number of hydrogen-bond donors (Lipinski definition) is 1. The van der Waals surface area contributed by atoms with E-state index in [9.17, 15) is 18.0 Å². The lowest BCUT2D eigenvalue weighted by Gasteiger charge is -2.13. The number of nitrogens with zero attached hydrogens (tertiary/aromatic N) is 1. The lowest BCUT2D eigenvalue weighted by molar-refractivity contribution is -0.137. The molecule has 0 aromatic heterocycles. The zero-order valence-electron chi connectivity index (χ0n) is 11.7. The molecule has 1 saturated heterocycles. The molecule has 2 atom stereocenters. The Balaban J connectivity index is 1.57. The lowest BCUT2D eigenvalue weighted by atomic mass is 10.1. The standard InChI is InChI=1S/C15H17F3N2O/c1-20-7-12-11(13(12)8-20)6-19-14(21)9-3-2-4-10(5-9)15(16,17)18/h2-5,11-13H,6-8H2,1H3,(H,19,21).